The van der Waals surface area contributed by atoms with E-state index >= 15 is 0 Å². The van der Waals surface area contributed by atoms with Crippen molar-refractivity contribution in [3.8, 4) is 5.69 Å². The third-order valence-corrected chi connectivity index (χ3v) is 3.10. The molecule has 2 aromatic rings. The maximum atomic E-state index is 11.1. The molecule has 1 aliphatic rings. The predicted molar refractivity (Wildman–Crippen MR) is 68.3 cm³/mol. The first-order valence-corrected chi connectivity index (χ1v) is 6.17. The van der Waals surface area contributed by atoms with Gasteiger partial charge in [-0.2, -0.15) is 5.10 Å². The molecule has 5 nitrogen and oxygen atoms in total. The van der Waals surface area contributed by atoms with E-state index in [0.29, 0.717) is 16.3 Å². The third-order valence-electron chi connectivity index (χ3n) is 2.84. The van der Waals surface area contributed by atoms with Crippen LogP contribution < -0.4 is 0 Å². The van der Waals surface area contributed by atoms with E-state index in [2.05, 4.69) is 5.10 Å². The van der Waals surface area contributed by atoms with Crippen molar-refractivity contribution >= 4 is 17.9 Å². The van der Waals surface area contributed by atoms with Gasteiger partial charge in [-0.25, -0.2) is 4.68 Å². The fraction of sp³-hybridized carbons (Fsp3) is 0.231. The van der Waals surface area contributed by atoms with Crippen molar-refractivity contribution in [2.24, 2.45) is 0 Å². The van der Waals surface area contributed by atoms with Crippen LogP contribution in [0.4, 0.5) is 0 Å². The second-order valence-corrected chi connectivity index (χ2v) is 4.62. The van der Waals surface area contributed by atoms with Gasteiger partial charge >= 0.3 is 0 Å². The van der Waals surface area contributed by atoms with Crippen molar-refractivity contribution in [1.29, 1.82) is 0 Å². The maximum absolute atomic E-state index is 11.1. The molecule has 1 aliphatic heterocycles. The van der Waals surface area contributed by atoms with Crippen LogP contribution in [0.2, 0.25) is 5.02 Å². The predicted octanol–water partition coefficient (Wildman–Crippen LogP) is 2.73. The molecule has 0 aliphatic carbocycles. The van der Waals surface area contributed by atoms with Gasteiger partial charge in [0.1, 0.15) is 5.69 Å². The number of benzene rings is 1. The fourth-order valence-electron chi connectivity index (χ4n) is 1.89. The molecule has 1 fully saturated rings. The Morgan fingerprint density at radius 2 is 2.00 bits per heavy atom. The number of carbonyl (C=O) groups is 1. The van der Waals surface area contributed by atoms with Gasteiger partial charge in [0.05, 0.1) is 11.3 Å². The molecule has 0 radical (unpaired) electrons. The van der Waals surface area contributed by atoms with Gasteiger partial charge in [-0.1, -0.05) is 11.6 Å². The summed E-state index contributed by atoms with van der Waals surface area (Å²) in [5, 5.41) is 4.97. The zero-order chi connectivity index (χ0) is 13.4. The average molecular weight is 279 g/mol. The first kappa shape index (κ1) is 12.3. The summed E-state index contributed by atoms with van der Waals surface area (Å²) in [4.78, 5) is 11.1. The van der Waals surface area contributed by atoms with Gasteiger partial charge in [-0.3, -0.25) is 4.79 Å². The lowest BCUT2D eigenvalue weighted by Gasteiger charge is -2.32. The van der Waals surface area contributed by atoms with Crippen LogP contribution in [0.5, 0.6) is 0 Å². The molecule has 19 heavy (non-hydrogen) atoms. The van der Waals surface area contributed by atoms with E-state index in [0.717, 1.165) is 12.0 Å². The quantitative estimate of drug-likeness (QED) is 0.810. The summed E-state index contributed by atoms with van der Waals surface area (Å²) >= 11 is 5.84. The van der Waals surface area contributed by atoms with Gasteiger partial charge in [0.25, 0.3) is 0 Å². The number of nitrogens with zero attached hydrogens (tertiary/aromatic N) is 2. The van der Waals surface area contributed by atoms with Crippen LogP contribution in [-0.4, -0.2) is 22.4 Å². The Bertz CT molecular complexity index is 603. The topological polar surface area (TPSA) is 53.4 Å². The zero-order valence-electron chi connectivity index (χ0n) is 10.1. The van der Waals surface area contributed by atoms with Crippen LogP contribution >= 0.6 is 11.6 Å². The minimum atomic E-state index is -0.566. The molecule has 1 aromatic heterocycles. The Kier molecular flexibility index (Phi) is 3.10. The molecule has 6 heteroatoms. The highest BCUT2D eigenvalue weighted by Crippen LogP contribution is 2.32. The number of hydrogen-bond acceptors (Lipinski definition) is 4. The lowest BCUT2D eigenvalue weighted by Crippen LogP contribution is -2.32. The van der Waals surface area contributed by atoms with E-state index in [1.54, 1.807) is 29.9 Å². The van der Waals surface area contributed by atoms with E-state index in [1.165, 1.54) is 0 Å². The number of rotatable bonds is 3. The van der Waals surface area contributed by atoms with Crippen molar-refractivity contribution in [3.63, 3.8) is 0 Å². The highest BCUT2D eigenvalue weighted by Gasteiger charge is 2.33. The number of carbonyl (C=O) groups excluding carboxylic acids is 1. The smallest absolute Gasteiger partial charge is 0.209 e. The molecule has 1 aromatic carbocycles. The van der Waals surface area contributed by atoms with E-state index in [-0.39, 0.29) is 6.29 Å². The summed E-state index contributed by atoms with van der Waals surface area (Å²) in [6.07, 6.45) is 1.56. The monoisotopic (exact) mass is 278 g/mol. The van der Waals surface area contributed by atoms with Crippen LogP contribution in [0.25, 0.3) is 5.69 Å². The number of ether oxygens (including phenoxy) is 2. The van der Waals surface area contributed by atoms with Crippen LogP contribution in [0, 0.1) is 0 Å². The van der Waals surface area contributed by atoms with Crippen molar-refractivity contribution in [2.45, 2.75) is 19.5 Å². The number of aromatic nitrogens is 2. The molecule has 1 saturated heterocycles. The summed E-state index contributed by atoms with van der Waals surface area (Å²) in [5.41, 5.74) is 1.75. The normalized spacial score (nSPS) is 22.0. The van der Waals surface area contributed by atoms with Gasteiger partial charge in [-0.05, 0) is 31.2 Å². The minimum Gasteiger partial charge on any atom is -0.318 e. The lowest BCUT2D eigenvalue weighted by molar-refractivity contribution is -0.384. The molecule has 0 unspecified atom stereocenters. The van der Waals surface area contributed by atoms with E-state index in [1.807, 2.05) is 12.1 Å². The van der Waals surface area contributed by atoms with Crippen molar-refractivity contribution in [1.82, 2.24) is 9.78 Å². The van der Waals surface area contributed by atoms with Crippen molar-refractivity contribution in [3.05, 3.63) is 46.7 Å². The molecule has 0 N–H and O–H groups in total. The Balaban J connectivity index is 1.95. The van der Waals surface area contributed by atoms with Crippen molar-refractivity contribution in [2.75, 3.05) is 0 Å². The highest BCUT2D eigenvalue weighted by atomic mass is 35.5. The van der Waals surface area contributed by atoms with E-state index in [4.69, 9.17) is 21.1 Å². The average Bonchev–Trinajstić information content (AvgIpc) is 2.79. The first-order valence-electron chi connectivity index (χ1n) is 5.79. The standard InChI is InChI=1S/C13H11ClN2O3/c1-8-18-13(19-8)12-9(7-17)6-16(15-12)11-4-2-10(14)3-5-11/h2-8,13H,1H3. The summed E-state index contributed by atoms with van der Waals surface area (Å²) in [5.74, 6) is 0. The summed E-state index contributed by atoms with van der Waals surface area (Å²) < 4.78 is 12.3. The Morgan fingerprint density at radius 1 is 1.32 bits per heavy atom. The van der Waals surface area contributed by atoms with E-state index < -0.39 is 6.29 Å². The van der Waals surface area contributed by atoms with Gasteiger partial charge in [0, 0.05) is 11.2 Å². The number of aldehydes is 1. The molecule has 0 bridgehead atoms. The Labute approximate surface area is 114 Å². The van der Waals surface area contributed by atoms with Gasteiger partial charge < -0.3 is 9.47 Å². The second-order valence-electron chi connectivity index (χ2n) is 4.18. The van der Waals surface area contributed by atoms with Crippen LogP contribution in [-0.2, 0) is 9.47 Å². The third kappa shape index (κ3) is 2.28. The first-order chi connectivity index (χ1) is 9.17. The number of hydrogen-bond donors (Lipinski definition) is 0. The van der Waals surface area contributed by atoms with E-state index in [9.17, 15) is 4.79 Å². The Morgan fingerprint density at radius 3 is 2.58 bits per heavy atom. The summed E-state index contributed by atoms with van der Waals surface area (Å²) in [7, 11) is 0. The fourth-order valence-corrected chi connectivity index (χ4v) is 2.01. The Hall–Kier alpha value is -1.69. The minimum absolute atomic E-state index is 0.259. The molecule has 2 heterocycles. The van der Waals surface area contributed by atoms with Crippen LogP contribution in [0.1, 0.15) is 29.3 Å². The van der Waals surface area contributed by atoms with Gasteiger partial charge in [-0.15, -0.1) is 0 Å². The molecule has 0 atom stereocenters. The molecule has 0 spiro atoms. The molecular weight excluding hydrogens is 268 g/mol. The maximum Gasteiger partial charge on any atom is 0.209 e. The molecule has 0 saturated carbocycles. The summed E-state index contributed by atoms with van der Waals surface area (Å²) in [6, 6.07) is 7.16. The lowest BCUT2D eigenvalue weighted by atomic mass is 10.2. The SMILES string of the molecule is CC1OC(c2nn(-c3ccc(Cl)cc3)cc2C=O)O1. The zero-order valence-corrected chi connectivity index (χ0v) is 10.9. The largest absolute Gasteiger partial charge is 0.318 e. The number of halogens is 1. The van der Waals surface area contributed by atoms with Gasteiger partial charge in [0.2, 0.25) is 6.29 Å². The summed E-state index contributed by atoms with van der Waals surface area (Å²) in [6.45, 7) is 1.78. The molecule has 3 rings (SSSR count). The molecule has 98 valence electrons. The molecule has 0 amide bonds. The highest BCUT2D eigenvalue weighted by molar-refractivity contribution is 6.30. The van der Waals surface area contributed by atoms with Crippen molar-refractivity contribution < 1.29 is 14.3 Å². The second kappa shape index (κ2) is 4.77. The van der Waals surface area contributed by atoms with Gasteiger partial charge in [0.15, 0.2) is 12.6 Å². The van der Waals surface area contributed by atoms with Crippen LogP contribution in [0.15, 0.2) is 30.5 Å². The molecular formula is C13H11ClN2O3. The van der Waals surface area contributed by atoms with Crippen LogP contribution in [0.3, 0.4) is 0 Å².